The first kappa shape index (κ1) is 11.9. The van der Waals surface area contributed by atoms with Crippen molar-refractivity contribution in [2.75, 3.05) is 4.93 Å². The van der Waals surface area contributed by atoms with E-state index in [-0.39, 0.29) is 21.2 Å². The first-order valence-electron chi connectivity index (χ1n) is 5.66. The molecule has 2 rings (SSSR count). The van der Waals surface area contributed by atoms with E-state index in [2.05, 4.69) is 56.0 Å². The average molecular weight is 325 g/mol. The van der Waals surface area contributed by atoms with E-state index in [4.69, 9.17) is 0 Å². The van der Waals surface area contributed by atoms with Gasteiger partial charge in [-0.25, -0.2) is 0 Å². The summed E-state index contributed by atoms with van der Waals surface area (Å²) in [6, 6.07) is 11.5. The number of alkyl halides is 1. The monoisotopic (exact) mass is 325 g/mol. The molecule has 0 saturated carbocycles. The zero-order valence-electron chi connectivity index (χ0n) is 10.3. The van der Waals surface area contributed by atoms with Crippen LogP contribution >= 0.6 is 0 Å². The van der Waals surface area contributed by atoms with Crippen LogP contribution in [0.15, 0.2) is 30.3 Å². The maximum atomic E-state index is 2.35. The van der Waals surface area contributed by atoms with Crippen LogP contribution in [-0.2, 0) is 0 Å². The molecule has 0 nitrogen and oxygen atoms in total. The van der Waals surface area contributed by atoms with Crippen LogP contribution in [0.1, 0.15) is 30.9 Å². The molecule has 0 saturated heterocycles. The fourth-order valence-corrected chi connectivity index (χ4v) is 4.13. The van der Waals surface area contributed by atoms with Crippen molar-refractivity contribution < 1.29 is 21.2 Å². The van der Waals surface area contributed by atoms with Gasteiger partial charge in [0, 0.05) is 0 Å². The summed E-state index contributed by atoms with van der Waals surface area (Å²) in [7, 11) is 0. The molecule has 86 valence electrons. The first-order chi connectivity index (χ1) is 7.63. The van der Waals surface area contributed by atoms with Crippen molar-refractivity contribution in [3.05, 3.63) is 45.0 Å². The third-order valence-electron chi connectivity index (χ3n) is 3.03. The fourth-order valence-electron chi connectivity index (χ4n) is 2.03. The zero-order chi connectivity index (χ0) is 11.7. The Bertz CT molecular complexity index is 512. The van der Waals surface area contributed by atoms with Crippen molar-refractivity contribution in [3.8, 4) is 0 Å². The van der Waals surface area contributed by atoms with Crippen LogP contribution in [0, 0.1) is 10.5 Å². The predicted octanol–water partition coefficient (Wildman–Crippen LogP) is 1.16. The van der Waals surface area contributed by atoms with Gasteiger partial charge in [-0.15, -0.1) is 0 Å². The third-order valence-corrected chi connectivity index (χ3v) is 5.54. The van der Waals surface area contributed by atoms with Gasteiger partial charge in [-0.2, -0.15) is 0 Å². The van der Waals surface area contributed by atoms with Crippen LogP contribution in [0.25, 0.3) is 10.8 Å². The number of fused-ring (bicyclic) bond motifs is 1. The summed E-state index contributed by atoms with van der Waals surface area (Å²) < 4.78 is 1.60. The van der Waals surface area contributed by atoms with E-state index < -0.39 is 0 Å². The third kappa shape index (κ3) is 2.10. The van der Waals surface area contributed by atoms with Crippen molar-refractivity contribution in [1.82, 2.24) is 0 Å². The molecule has 0 atom stereocenters. The van der Waals surface area contributed by atoms with Gasteiger partial charge in [-0.1, -0.05) is 0 Å². The van der Waals surface area contributed by atoms with Gasteiger partial charge in [0.15, 0.2) is 0 Å². The van der Waals surface area contributed by atoms with Crippen LogP contribution in [0.4, 0.5) is 0 Å². The molecule has 0 unspecified atom stereocenters. The van der Waals surface area contributed by atoms with Gasteiger partial charge in [0.05, 0.1) is 0 Å². The molecule has 0 aromatic heterocycles. The van der Waals surface area contributed by atoms with E-state index >= 15 is 0 Å². The van der Waals surface area contributed by atoms with Crippen LogP contribution in [-0.4, -0.2) is 4.93 Å². The molecule has 0 amide bonds. The quantitative estimate of drug-likeness (QED) is 0.574. The first-order valence-corrected chi connectivity index (χ1v) is 8.90. The Morgan fingerprint density at radius 1 is 1.06 bits per heavy atom. The molecule has 0 aliphatic heterocycles. The molecule has 0 N–H and O–H groups in total. The molecule has 0 heterocycles. The Kier molecular flexibility index (Phi) is 3.53. The number of rotatable bonds is 2. The predicted molar refractivity (Wildman–Crippen MR) is 67.4 cm³/mol. The second kappa shape index (κ2) is 4.74. The summed E-state index contributed by atoms with van der Waals surface area (Å²) in [5.41, 5.74) is 2.90. The van der Waals surface area contributed by atoms with Crippen molar-refractivity contribution in [3.63, 3.8) is 0 Å². The molecule has 0 bridgehead atoms. The summed E-state index contributed by atoms with van der Waals surface area (Å²) in [6.45, 7) is 6.74. The van der Waals surface area contributed by atoms with Gasteiger partial charge in [0.2, 0.25) is 0 Å². The average Bonchev–Trinajstić information content (AvgIpc) is 2.28. The summed E-state index contributed by atoms with van der Waals surface area (Å²) in [5.74, 6) is 0.616. The second-order valence-corrected chi connectivity index (χ2v) is 6.68. The van der Waals surface area contributed by atoms with Gasteiger partial charge in [-0.3, -0.25) is 0 Å². The number of benzene rings is 2. The summed E-state index contributed by atoms with van der Waals surface area (Å²) in [4.78, 5) is 2.34. The van der Waals surface area contributed by atoms with Crippen LogP contribution < -0.4 is 21.2 Å². The van der Waals surface area contributed by atoms with E-state index in [1.165, 1.54) is 21.9 Å². The maximum absolute atomic E-state index is 2.35. The number of aryl methyl sites for hydroxylation is 1. The van der Waals surface area contributed by atoms with E-state index in [1.54, 1.807) is 3.57 Å². The van der Waals surface area contributed by atoms with E-state index in [1.807, 2.05) is 0 Å². The molecular formula is C15H18I-. The van der Waals surface area contributed by atoms with E-state index in [0.717, 1.165) is 0 Å². The molecule has 16 heavy (non-hydrogen) atoms. The summed E-state index contributed by atoms with van der Waals surface area (Å²) >= 11 is 0.160. The minimum absolute atomic E-state index is 0.160. The Hall–Kier alpha value is -0.570. The summed E-state index contributed by atoms with van der Waals surface area (Å²) in [5, 5.41) is 2.88. The number of hydrogen-bond donors (Lipinski definition) is 0. The SMILES string of the molecule is C[I-]c1c(C)ccc2cc(C(C)C)ccc12. The number of hydrogen-bond acceptors (Lipinski definition) is 0. The van der Waals surface area contributed by atoms with Crippen LogP contribution in [0.3, 0.4) is 0 Å². The van der Waals surface area contributed by atoms with Crippen LogP contribution in [0.2, 0.25) is 0 Å². The molecular weight excluding hydrogens is 307 g/mol. The Morgan fingerprint density at radius 2 is 1.81 bits per heavy atom. The second-order valence-electron chi connectivity index (χ2n) is 4.52. The van der Waals surface area contributed by atoms with Crippen molar-refractivity contribution in [2.45, 2.75) is 26.7 Å². The molecule has 0 aliphatic carbocycles. The molecule has 2 aromatic carbocycles. The Labute approximate surface area is 108 Å². The number of halogens is 1. The van der Waals surface area contributed by atoms with Crippen molar-refractivity contribution in [2.24, 2.45) is 0 Å². The minimum atomic E-state index is 0.160. The standard InChI is InChI=1S/C15H18I/c1-10(2)12-7-8-14-13(9-12)6-5-11(3)15(14)16-4/h5-10H,1-4H3/q-1. The normalized spacial score (nSPS) is 11.6. The van der Waals surface area contributed by atoms with Crippen molar-refractivity contribution in [1.29, 1.82) is 0 Å². The van der Waals surface area contributed by atoms with Gasteiger partial charge in [0.25, 0.3) is 0 Å². The van der Waals surface area contributed by atoms with E-state index in [0.29, 0.717) is 5.92 Å². The van der Waals surface area contributed by atoms with Gasteiger partial charge in [-0.05, 0) is 0 Å². The molecule has 0 fully saturated rings. The summed E-state index contributed by atoms with van der Waals surface area (Å²) in [6.07, 6.45) is 0. The fraction of sp³-hybridized carbons (Fsp3) is 0.333. The van der Waals surface area contributed by atoms with Gasteiger partial charge >= 0.3 is 109 Å². The topological polar surface area (TPSA) is 0 Å². The van der Waals surface area contributed by atoms with Crippen LogP contribution in [0.5, 0.6) is 0 Å². The Morgan fingerprint density at radius 3 is 2.44 bits per heavy atom. The molecule has 0 radical (unpaired) electrons. The molecule has 0 aliphatic rings. The Balaban J connectivity index is 2.69. The molecule has 0 spiro atoms. The molecule has 1 heteroatoms. The van der Waals surface area contributed by atoms with E-state index in [9.17, 15) is 0 Å². The zero-order valence-corrected chi connectivity index (χ0v) is 12.5. The van der Waals surface area contributed by atoms with Gasteiger partial charge in [0.1, 0.15) is 0 Å². The van der Waals surface area contributed by atoms with Crippen molar-refractivity contribution >= 4 is 10.8 Å². The van der Waals surface area contributed by atoms with Gasteiger partial charge < -0.3 is 0 Å². The molecule has 2 aromatic rings.